The van der Waals surface area contributed by atoms with Crippen LogP contribution in [-0.4, -0.2) is 19.8 Å². The SMILES string of the molecule is C[C@@H](N)c1cc(Cl)ccc1OCC1CCOCC1. The third-order valence-electron chi connectivity index (χ3n) is 3.28. The average Bonchev–Trinajstić information content (AvgIpc) is 2.38. The number of ether oxygens (including phenoxy) is 2. The molecule has 1 aliphatic heterocycles. The average molecular weight is 270 g/mol. The van der Waals surface area contributed by atoms with Gasteiger partial charge in [-0.25, -0.2) is 0 Å². The fourth-order valence-corrected chi connectivity index (χ4v) is 2.31. The normalized spacial score (nSPS) is 18.6. The summed E-state index contributed by atoms with van der Waals surface area (Å²) in [6.07, 6.45) is 2.14. The monoisotopic (exact) mass is 269 g/mol. The Kier molecular flexibility index (Phi) is 4.87. The number of nitrogens with two attached hydrogens (primary N) is 1. The van der Waals surface area contributed by atoms with Gasteiger partial charge in [-0.1, -0.05) is 11.6 Å². The van der Waals surface area contributed by atoms with Crippen molar-refractivity contribution in [3.8, 4) is 5.75 Å². The van der Waals surface area contributed by atoms with Crippen LogP contribution in [-0.2, 0) is 4.74 Å². The Bertz CT molecular complexity index is 389. The summed E-state index contributed by atoms with van der Waals surface area (Å²) < 4.78 is 11.2. The van der Waals surface area contributed by atoms with Crippen LogP contribution in [0.5, 0.6) is 5.75 Å². The van der Waals surface area contributed by atoms with Gasteiger partial charge in [-0.05, 0) is 43.9 Å². The van der Waals surface area contributed by atoms with E-state index in [1.165, 1.54) is 0 Å². The molecule has 0 saturated carbocycles. The van der Waals surface area contributed by atoms with Gasteiger partial charge in [-0.15, -0.1) is 0 Å². The summed E-state index contributed by atoms with van der Waals surface area (Å²) in [6.45, 7) is 4.35. The molecule has 0 spiro atoms. The van der Waals surface area contributed by atoms with Crippen molar-refractivity contribution in [3.05, 3.63) is 28.8 Å². The van der Waals surface area contributed by atoms with Crippen molar-refractivity contribution in [1.29, 1.82) is 0 Å². The van der Waals surface area contributed by atoms with Crippen LogP contribution in [0.3, 0.4) is 0 Å². The van der Waals surface area contributed by atoms with Crippen LogP contribution in [0.2, 0.25) is 5.02 Å². The molecule has 1 saturated heterocycles. The Labute approximate surface area is 113 Å². The fourth-order valence-electron chi connectivity index (χ4n) is 2.13. The van der Waals surface area contributed by atoms with Gasteiger partial charge >= 0.3 is 0 Å². The third kappa shape index (κ3) is 3.61. The van der Waals surface area contributed by atoms with E-state index in [0.717, 1.165) is 44.0 Å². The molecule has 1 aromatic rings. The lowest BCUT2D eigenvalue weighted by Gasteiger charge is -2.23. The molecule has 2 N–H and O–H groups in total. The molecule has 2 rings (SSSR count). The van der Waals surface area contributed by atoms with Crippen LogP contribution in [0.15, 0.2) is 18.2 Å². The topological polar surface area (TPSA) is 44.5 Å². The molecule has 0 bridgehead atoms. The molecule has 1 heterocycles. The van der Waals surface area contributed by atoms with Crippen LogP contribution in [0.1, 0.15) is 31.4 Å². The van der Waals surface area contributed by atoms with E-state index < -0.39 is 0 Å². The second-order valence-electron chi connectivity index (χ2n) is 4.84. The molecule has 4 heteroatoms. The molecule has 100 valence electrons. The molecular formula is C14H20ClNO2. The number of hydrogen-bond acceptors (Lipinski definition) is 3. The van der Waals surface area contributed by atoms with Crippen LogP contribution in [0.25, 0.3) is 0 Å². The lowest BCUT2D eigenvalue weighted by Crippen LogP contribution is -2.22. The van der Waals surface area contributed by atoms with Gasteiger partial charge < -0.3 is 15.2 Å². The first-order chi connectivity index (χ1) is 8.66. The number of halogens is 1. The van der Waals surface area contributed by atoms with Gasteiger partial charge in [0.25, 0.3) is 0 Å². The van der Waals surface area contributed by atoms with Crippen LogP contribution >= 0.6 is 11.6 Å². The summed E-state index contributed by atoms with van der Waals surface area (Å²) in [7, 11) is 0. The van der Waals surface area contributed by atoms with E-state index in [1.807, 2.05) is 25.1 Å². The molecule has 0 aliphatic carbocycles. The van der Waals surface area contributed by atoms with Gasteiger partial charge in [0.1, 0.15) is 5.75 Å². The quantitative estimate of drug-likeness (QED) is 0.913. The lowest BCUT2D eigenvalue weighted by molar-refractivity contribution is 0.0496. The first-order valence-corrected chi connectivity index (χ1v) is 6.80. The number of hydrogen-bond donors (Lipinski definition) is 1. The van der Waals surface area contributed by atoms with Gasteiger partial charge in [0.15, 0.2) is 0 Å². The standard InChI is InChI=1S/C14H20ClNO2/c1-10(16)13-8-12(15)2-3-14(13)18-9-11-4-6-17-7-5-11/h2-3,8,10-11H,4-7,9,16H2,1H3/t10-/m1/s1. The Balaban J connectivity index is 1.99. The maximum absolute atomic E-state index is 5.98. The van der Waals surface area contributed by atoms with Gasteiger partial charge in [0, 0.05) is 29.8 Å². The Morgan fingerprint density at radius 1 is 1.44 bits per heavy atom. The molecule has 1 atom stereocenters. The highest BCUT2D eigenvalue weighted by molar-refractivity contribution is 6.30. The van der Waals surface area contributed by atoms with Crippen molar-refractivity contribution in [3.63, 3.8) is 0 Å². The van der Waals surface area contributed by atoms with Crippen molar-refractivity contribution in [2.24, 2.45) is 11.7 Å². The Morgan fingerprint density at radius 3 is 2.83 bits per heavy atom. The summed E-state index contributed by atoms with van der Waals surface area (Å²) >= 11 is 5.98. The predicted molar refractivity (Wildman–Crippen MR) is 73.1 cm³/mol. The van der Waals surface area contributed by atoms with Crippen molar-refractivity contribution in [1.82, 2.24) is 0 Å². The zero-order valence-electron chi connectivity index (χ0n) is 10.7. The minimum Gasteiger partial charge on any atom is -0.493 e. The highest BCUT2D eigenvalue weighted by atomic mass is 35.5. The van der Waals surface area contributed by atoms with Gasteiger partial charge in [-0.2, -0.15) is 0 Å². The van der Waals surface area contributed by atoms with Crippen LogP contribution < -0.4 is 10.5 Å². The molecule has 0 amide bonds. The maximum atomic E-state index is 5.98. The molecule has 1 aromatic carbocycles. The summed E-state index contributed by atoms with van der Waals surface area (Å²) in [4.78, 5) is 0. The summed E-state index contributed by atoms with van der Waals surface area (Å²) in [5, 5.41) is 0.695. The van der Waals surface area contributed by atoms with E-state index in [4.69, 9.17) is 26.8 Å². The van der Waals surface area contributed by atoms with E-state index in [1.54, 1.807) is 0 Å². The fraction of sp³-hybridized carbons (Fsp3) is 0.571. The Hall–Kier alpha value is -0.770. The number of benzene rings is 1. The first-order valence-electron chi connectivity index (χ1n) is 6.42. The second-order valence-corrected chi connectivity index (χ2v) is 5.27. The lowest BCUT2D eigenvalue weighted by atomic mass is 10.0. The predicted octanol–water partition coefficient (Wildman–Crippen LogP) is 3.17. The van der Waals surface area contributed by atoms with Crippen molar-refractivity contribution >= 4 is 11.6 Å². The van der Waals surface area contributed by atoms with Gasteiger partial charge in [0.2, 0.25) is 0 Å². The van der Waals surface area contributed by atoms with E-state index in [-0.39, 0.29) is 6.04 Å². The largest absolute Gasteiger partial charge is 0.493 e. The second kappa shape index (κ2) is 6.41. The van der Waals surface area contributed by atoms with Gasteiger partial charge in [-0.3, -0.25) is 0 Å². The van der Waals surface area contributed by atoms with Crippen molar-refractivity contribution in [2.75, 3.05) is 19.8 Å². The molecule has 1 aliphatic rings. The van der Waals surface area contributed by atoms with E-state index in [9.17, 15) is 0 Å². The highest BCUT2D eigenvalue weighted by Gasteiger charge is 2.16. The van der Waals surface area contributed by atoms with Gasteiger partial charge in [0.05, 0.1) is 6.61 Å². The summed E-state index contributed by atoms with van der Waals surface area (Å²) in [5.41, 5.74) is 6.90. The first kappa shape index (κ1) is 13.7. The summed E-state index contributed by atoms with van der Waals surface area (Å²) in [5.74, 6) is 1.43. The molecule has 0 radical (unpaired) electrons. The smallest absolute Gasteiger partial charge is 0.124 e. The third-order valence-corrected chi connectivity index (χ3v) is 3.51. The van der Waals surface area contributed by atoms with Crippen LogP contribution in [0.4, 0.5) is 0 Å². The molecular weight excluding hydrogens is 250 g/mol. The molecule has 0 aromatic heterocycles. The minimum absolute atomic E-state index is 0.0756. The molecule has 1 fully saturated rings. The minimum atomic E-state index is -0.0756. The zero-order valence-corrected chi connectivity index (χ0v) is 11.5. The van der Waals surface area contributed by atoms with E-state index in [2.05, 4.69) is 0 Å². The van der Waals surface area contributed by atoms with E-state index >= 15 is 0 Å². The number of rotatable bonds is 4. The molecule has 0 unspecified atom stereocenters. The van der Waals surface area contributed by atoms with Crippen molar-refractivity contribution in [2.45, 2.75) is 25.8 Å². The highest BCUT2D eigenvalue weighted by Crippen LogP contribution is 2.28. The molecule has 18 heavy (non-hydrogen) atoms. The zero-order chi connectivity index (χ0) is 13.0. The summed E-state index contributed by atoms with van der Waals surface area (Å²) in [6, 6.07) is 5.55. The van der Waals surface area contributed by atoms with Crippen molar-refractivity contribution < 1.29 is 9.47 Å². The van der Waals surface area contributed by atoms with Crippen LogP contribution in [0, 0.1) is 5.92 Å². The molecule has 3 nitrogen and oxygen atoms in total. The maximum Gasteiger partial charge on any atom is 0.124 e. The Morgan fingerprint density at radius 2 is 2.17 bits per heavy atom. The van der Waals surface area contributed by atoms with E-state index in [0.29, 0.717) is 10.9 Å².